The van der Waals surface area contributed by atoms with Crippen molar-refractivity contribution in [1.82, 2.24) is 19.5 Å². The highest BCUT2D eigenvalue weighted by molar-refractivity contribution is 7.80. The third-order valence-corrected chi connectivity index (χ3v) is 3.93. The number of ether oxygens (including phenoxy) is 1. The first-order valence-electron chi connectivity index (χ1n) is 8.16. The summed E-state index contributed by atoms with van der Waals surface area (Å²) >= 11 is 4.19. The molecule has 0 aliphatic carbocycles. The van der Waals surface area contributed by atoms with Crippen molar-refractivity contribution in [1.29, 1.82) is 0 Å². The number of aliphatic hydroxyl groups excluding tert-OH is 1. The fourth-order valence-electron chi connectivity index (χ4n) is 2.46. The lowest BCUT2D eigenvalue weighted by atomic mass is 10.00. The number of H-pyrrole nitrogens is 1. The molecular formula is C15H23N5O4S. The molecule has 0 radical (unpaired) electrons. The maximum Gasteiger partial charge on any atom is 0.280 e. The predicted molar refractivity (Wildman–Crippen MR) is 96.7 cm³/mol. The monoisotopic (exact) mass is 369 g/mol. The Labute approximate surface area is 150 Å². The molecule has 1 atom stereocenters. The van der Waals surface area contributed by atoms with E-state index in [2.05, 4.69) is 32.9 Å². The first-order chi connectivity index (χ1) is 12.1. The van der Waals surface area contributed by atoms with Crippen LogP contribution < -0.4 is 10.9 Å². The lowest BCUT2D eigenvalue weighted by Gasteiger charge is -2.14. The van der Waals surface area contributed by atoms with E-state index < -0.39 is 5.56 Å². The van der Waals surface area contributed by atoms with Gasteiger partial charge in [0, 0.05) is 5.92 Å². The number of carbonyl (C=O) groups excluding carboxylic acids is 1. The van der Waals surface area contributed by atoms with Gasteiger partial charge >= 0.3 is 0 Å². The summed E-state index contributed by atoms with van der Waals surface area (Å²) in [5.41, 5.74) is 0.0201. The van der Waals surface area contributed by atoms with Crippen LogP contribution in [0.15, 0.2) is 11.1 Å². The maximum absolute atomic E-state index is 12.4. The van der Waals surface area contributed by atoms with E-state index in [-0.39, 0.29) is 43.2 Å². The number of carbonyl (C=O) groups is 1. The Balaban J connectivity index is 2.21. The standard InChI is InChI=1S/C15H23N5O4S/c1-2-3-10(4-7-25)13(22)18-15-17-12-11(14(23)19-15)16-8-20(12)9-24-6-5-21/h8,10,21,25H,2-7,9H2,1H3,(H2,17,18,19,22,23). The fraction of sp³-hybridized carbons (Fsp3) is 0.600. The third-order valence-electron chi connectivity index (χ3n) is 3.67. The summed E-state index contributed by atoms with van der Waals surface area (Å²) in [6, 6.07) is 0. The minimum atomic E-state index is -0.442. The van der Waals surface area contributed by atoms with Gasteiger partial charge in [-0.15, -0.1) is 0 Å². The van der Waals surface area contributed by atoms with Crippen LogP contribution in [0.4, 0.5) is 5.95 Å². The van der Waals surface area contributed by atoms with Gasteiger partial charge in [-0.1, -0.05) is 13.3 Å². The molecule has 0 saturated heterocycles. The molecule has 0 aliphatic rings. The average molecular weight is 369 g/mol. The van der Waals surface area contributed by atoms with Crippen LogP contribution in [0.3, 0.4) is 0 Å². The molecule has 2 rings (SSSR count). The summed E-state index contributed by atoms with van der Waals surface area (Å²) in [7, 11) is 0. The van der Waals surface area contributed by atoms with Gasteiger partial charge < -0.3 is 9.84 Å². The number of nitrogens with zero attached hydrogens (tertiary/aromatic N) is 3. The summed E-state index contributed by atoms with van der Waals surface area (Å²) in [4.78, 5) is 35.3. The molecule has 0 aromatic carbocycles. The summed E-state index contributed by atoms with van der Waals surface area (Å²) in [5, 5.41) is 11.4. The number of anilines is 1. The quantitative estimate of drug-likeness (QED) is 0.362. The minimum absolute atomic E-state index is 0.0756. The van der Waals surface area contributed by atoms with E-state index in [9.17, 15) is 9.59 Å². The van der Waals surface area contributed by atoms with Gasteiger partial charge in [0.25, 0.3) is 5.56 Å². The molecule has 2 heterocycles. The molecule has 138 valence electrons. The van der Waals surface area contributed by atoms with E-state index in [1.807, 2.05) is 6.92 Å². The van der Waals surface area contributed by atoms with E-state index in [1.54, 1.807) is 0 Å². The topological polar surface area (TPSA) is 122 Å². The molecule has 0 fully saturated rings. The zero-order valence-electron chi connectivity index (χ0n) is 14.1. The van der Waals surface area contributed by atoms with Gasteiger partial charge in [-0.2, -0.15) is 17.6 Å². The Morgan fingerprint density at radius 3 is 3.00 bits per heavy atom. The molecule has 9 nitrogen and oxygen atoms in total. The van der Waals surface area contributed by atoms with Crippen molar-refractivity contribution in [2.75, 3.05) is 24.3 Å². The van der Waals surface area contributed by atoms with Gasteiger partial charge in [0.15, 0.2) is 11.2 Å². The van der Waals surface area contributed by atoms with E-state index in [4.69, 9.17) is 9.84 Å². The Kier molecular flexibility index (Phi) is 7.41. The van der Waals surface area contributed by atoms with Crippen molar-refractivity contribution < 1.29 is 14.6 Å². The van der Waals surface area contributed by atoms with Crippen molar-refractivity contribution >= 4 is 35.6 Å². The van der Waals surface area contributed by atoms with Crippen LogP contribution in [0, 0.1) is 5.92 Å². The van der Waals surface area contributed by atoms with Crippen molar-refractivity contribution in [2.24, 2.45) is 5.92 Å². The number of rotatable bonds is 10. The zero-order chi connectivity index (χ0) is 18.2. The van der Waals surface area contributed by atoms with Gasteiger partial charge in [-0.25, -0.2) is 4.98 Å². The summed E-state index contributed by atoms with van der Waals surface area (Å²) in [6.45, 7) is 2.16. The number of aliphatic hydroxyl groups is 1. The third kappa shape index (κ3) is 5.03. The van der Waals surface area contributed by atoms with Crippen LogP contribution in [-0.4, -0.2) is 49.5 Å². The molecule has 2 aromatic rings. The van der Waals surface area contributed by atoms with Gasteiger partial charge in [-0.3, -0.25) is 24.5 Å². The lowest BCUT2D eigenvalue weighted by Crippen LogP contribution is -2.26. The van der Waals surface area contributed by atoms with Crippen LogP contribution in [0.25, 0.3) is 11.2 Å². The first-order valence-corrected chi connectivity index (χ1v) is 8.79. The Morgan fingerprint density at radius 2 is 2.32 bits per heavy atom. The highest BCUT2D eigenvalue weighted by Gasteiger charge is 2.19. The van der Waals surface area contributed by atoms with Gasteiger partial charge in [0.2, 0.25) is 11.9 Å². The summed E-state index contributed by atoms with van der Waals surface area (Å²) in [6.07, 6.45) is 3.70. The molecule has 1 amide bonds. The number of hydrogen-bond donors (Lipinski definition) is 4. The van der Waals surface area contributed by atoms with E-state index in [1.165, 1.54) is 10.9 Å². The van der Waals surface area contributed by atoms with E-state index in [0.717, 1.165) is 12.8 Å². The second-order valence-electron chi connectivity index (χ2n) is 5.55. The van der Waals surface area contributed by atoms with Crippen LogP contribution in [0.2, 0.25) is 0 Å². The lowest BCUT2D eigenvalue weighted by molar-refractivity contribution is -0.120. The second kappa shape index (κ2) is 9.54. The molecule has 0 saturated carbocycles. The number of thiol groups is 1. The number of nitrogens with one attached hydrogen (secondary N) is 2. The Bertz CT molecular complexity index is 754. The predicted octanol–water partition coefficient (Wildman–Crippen LogP) is 0.761. The van der Waals surface area contributed by atoms with Gasteiger partial charge in [0.05, 0.1) is 19.5 Å². The molecule has 25 heavy (non-hydrogen) atoms. The molecule has 0 spiro atoms. The Morgan fingerprint density at radius 1 is 1.52 bits per heavy atom. The van der Waals surface area contributed by atoms with Crippen molar-refractivity contribution in [3.63, 3.8) is 0 Å². The number of aromatic nitrogens is 4. The van der Waals surface area contributed by atoms with Crippen molar-refractivity contribution in [3.8, 4) is 0 Å². The first kappa shape index (κ1) is 19.4. The second-order valence-corrected chi connectivity index (χ2v) is 6.00. The molecule has 10 heteroatoms. The highest BCUT2D eigenvalue weighted by Crippen LogP contribution is 2.15. The summed E-state index contributed by atoms with van der Waals surface area (Å²) < 4.78 is 6.76. The molecule has 1 unspecified atom stereocenters. The molecule has 3 N–H and O–H groups in total. The van der Waals surface area contributed by atoms with Crippen LogP contribution in [-0.2, 0) is 16.3 Å². The number of fused-ring (bicyclic) bond motifs is 1. The van der Waals surface area contributed by atoms with E-state index in [0.29, 0.717) is 17.8 Å². The Hall–Kier alpha value is -1.91. The molecule has 0 aliphatic heterocycles. The number of imidazole rings is 1. The van der Waals surface area contributed by atoms with Crippen LogP contribution in [0.1, 0.15) is 26.2 Å². The van der Waals surface area contributed by atoms with Crippen molar-refractivity contribution in [3.05, 3.63) is 16.7 Å². The van der Waals surface area contributed by atoms with Crippen LogP contribution in [0.5, 0.6) is 0 Å². The highest BCUT2D eigenvalue weighted by atomic mass is 32.1. The zero-order valence-corrected chi connectivity index (χ0v) is 15.0. The van der Waals surface area contributed by atoms with Gasteiger partial charge in [-0.05, 0) is 18.6 Å². The fourth-order valence-corrected chi connectivity index (χ4v) is 2.78. The number of aromatic amines is 1. The smallest absolute Gasteiger partial charge is 0.280 e. The van der Waals surface area contributed by atoms with Crippen LogP contribution >= 0.6 is 12.6 Å². The number of amides is 1. The summed E-state index contributed by atoms with van der Waals surface area (Å²) in [5.74, 6) is 0.310. The maximum atomic E-state index is 12.4. The molecular weight excluding hydrogens is 346 g/mol. The van der Waals surface area contributed by atoms with Gasteiger partial charge in [0.1, 0.15) is 6.73 Å². The normalized spacial score (nSPS) is 12.4. The SMILES string of the molecule is CCCC(CCS)C(=O)Nc1nc2c(ncn2COCCO)c(=O)[nH]1. The largest absolute Gasteiger partial charge is 0.394 e. The molecule has 2 aromatic heterocycles. The van der Waals surface area contributed by atoms with Crippen molar-refractivity contribution in [2.45, 2.75) is 32.9 Å². The average Bonchev–Trinajstić information content (AvgIpc) is 2.98. The van der Waals surface area contributed by atoms with E-state index >= 15 is 0 Å². The minimum Gasteiger partial charge on any atom is -0.394 e. The number of hydrogen-bond acceptors (Lipinski definition) is 7. The molecule has 0 bridgehead atoms.